The second-order valence-electron chi connectivity index (χ2n) is 5.50. The highest BCUT2D eigenvalue weighted by molar-refractivity contribution is 7.89. The number of benzene rings is 3. The van der Waals surface area contributed by atoms with Gasteiger partial charge in [0.05, 0.1) is 17.7 Å². The topological polar surface area (TPSA) is 87.6 Å². The van der Waals surface area contributed by atoms with Crippen LogP contribution in [0.25, 0.3) is 10.8 Å². The molecule has 0 saturated heterocycles. The third-order valence-corrected chi connectivity index (χ3v) is 5.11. The van der Waals surface area contributed by atoms with Crippen molar-refractivity contribution in [2.24, 2.45) is 5.10 Å². The van der Waals surface area contributed by atoms with Crippen molar-refractivity contribution in [3.05, 3.63) is 78.4 Å². The van der Waals surface area contributed by atoms with Crippen LogP contribution in [-0.4, -0.2) is 27.1 Å². The fourth-order valence-corrected chi connectivity index (χ4v) is 3.42. The second kappa shape index (κ2) is 7.90. The van der Waals surface area contributed by atoms with E-state index in [-0.39, 0.29) is 4.90 Å². The SMILES string of the molecule is O=C(CNS(=O)(=O)c1ccccc1)N/N=C/c1cccc2ccccc12. The molecule has 0 radical (unpaired) electrons. The zero-order valence-corrected chi connectivity index (χ0v) is 14.6. The number of carbonyl (C=O) groups excluding carboxylic acids is 1. The fourth-order valence-electron chi connectivity index (χ4n) is 2.42. The maximum atomic E-state index is 12.0. The molecule has 0 bridgehead atoms. The number of fused-ring (bicyclic) bond motifs is 1. The van der Waals surface area contributed by atoms with E-state index in [1.165, 1.54) is 18.3 Å². The Kier molecular flexibility index (Phi) is 5.40. The molecule has 3 aromatic carbocycles. The van der Waals surface area contributed by atoms with Gasteiger partial charge in [0.1, 0.15) is 0 Å². The highest BCUT2D eigenvalue weighted by Gasteiger charge is 2.14. The Morgan fingerprint density at radius 1 is 0.923 bits per heavy atom. The quantitative estimate of drug-likeness (QED) is 0.517. The van der Waals surface area contributed by atoms with Gasteiger partial charge in [0.2, 0.25) is 10.0 Å². The normalized spacial score (nSPS) is 11.7. The van der Waals surface area contributed by atoms with Crippen molar-refractivity contribution in [3.8, 4) is 0 Å². The first kappa shape index (κ1) is 17.8. The highest BCUT2D eigenvalue weighted by Crippen LogP contribution is 2.16. The zero-order valence-electron chi connectivity index (χ0n) is 13.8. The molecule has 0 aliphatic carbocycles. The molecule has 0 heterocycles. The molecule has 6 nitrogen and oxygen atoms in total. The fraction of sp³-hybridized carbons (Fsp3) is 0.0526. The van der Waals surface area contributed by atoms with Gasteiger partial charge in [-0.15, -0.1) is 0 Å². The summed E-state index contributed by atoms with van der Waals surface area (Å²) in [6, 6.07) is 21.5. The molecule has 2 N–H and O–H groups in total. The van der Waals surface area contributed by atoms with Crippen molar-refractivity contribution in [2.75, 3.05) is 6.54 Å². The monoisotopic (exact) mass is 367 g/mol. The number of amides is 1. The van der Waals surface area contributed by atoms with Gasteiger partial charge in [0, 0.05) is 5.56 Å². The number of sulfonamides is 1. The van der Waals surface area contributed by atoms with Crippen LogP contribution >= 0.6 is 0 Å². The smallest absolute Gasteiger partial charge is 0.255 e. The Morgan fingerprint density at radius 2 is 1.62 bits per heavy atom. The molecule has 132 valence electrons. The Morgan fingerprint density at radius 3 is 2.42 bits per heavy atom. The maximum Gasteiger partial charge on any atom is 0.255 e. The van der Waals surface area contributed by atoms with Crippen LogP contribution in [0.3, 0.4) is 0 Å². The van der Waals surface area contributed by atoms with Crippen molar-refractivity contribution in [1.29, 1.82) is 0 Å². The van der Waals surface area contributed by atoms with E-state index in [1.807, 2.05) is 42.5 Å². The summed E-state index contributed by atoms with van der Waals surface area (Å²) in [5.74, 6) is -0.555. The first-order chi connectivity index (χ1) is 12.6. The number of nitrogens with one attached hydrogen (secondary N) is 2. The van der Waals surface area contributed by atoms with E-state index < -0.39 is 22.5 Å². The van der Waals surface area contributed by atoms with E-state index in [2.05, 4.69) is 15.2 Å². The van der Waals surface area contributed by atoms with Gasteiger partial charge >= 0.3 is 0 Å². The van der Waals surface area contributed by atoms with Gasteiger partial charge in [-0.1, -0.05) is 60.7 Å². The van der Waals surface area contributed by atoms with Crippen LogP contribution in [0.5, 0.6) is 0 Å². The lowest BCUT2D eigenvalue weighted by Gasteiger charge is -2.05. The number of hydrazone groups is 1. The first-order valence-electron chi connectivity index (χ1n) is 7.91. The van der Waals surface area contributed by atoms with Gasteiger partial charge in [0.15, 0.2) is 0 Å². The molecule has 7 heteroatoms. The van der Waals surface area contributed by atoms with E-state index in [1.54, 1.807) is 18.2 Å². The van der Waals surface area contributed by atoms with Crippen LogP contribution in [0, 0.1) is 0 Å². The third kappa shape index (κ3) is 4.33. The van der Waals surface area contributed by atoms with E-state index in [0.717, 1.165) is 16.3 Å². The number of carbonyl (C=O) groups is 1. The van der Waals surface area contributed by atoms with E-state index in [0.29, 0.717) is 0 Å². The lowest BCUT2D eigenvalue weighted by atomic mass is 10.1. The predicted octanol–water partition coefficient (Wildman–Crippen LogP) is 2.27. The molecule has 0 aromatic heterocycles. The summed E-state index contributed by atoms with van der Waals surface area (Å²) >= 11 is 0. The van der Waals surface area contributed by atoms with Gasteiger partial charge in [-0.25, -0.2) is 18.6 Å². The van der Waals surface area contributed by atoms with Gasteiger partial charge in [-0.3, -0.25) is 4.79 Å². The number of hydrogen-bond acceptors (Lipinski definition) is 4. The van der Waals surface area contributed by atoms with Gasteiger partial charge in [-0.05, 0) is 22.9 Å². The Bertz CT molecular complexity index is 1040. The van der Waals surface area contributed by atoms with Gasteiger partial charge in [0.25, 0.3) is 5.91 Å². The van der Waals surface area contributed by atoms with Crippen molar-refractivity contribution in [2.45, 2.75) is 4.90 Å². The maximum absolute atomic E-state index is 12.0. The third-order valence-electron chi connectivity index (χ3n) is 3.69. The molecule has 0 spiro atoms. The molecule has 0 unspecified atom stereocenters. The standard InChI is InChI=1S/C19H17N3O3S/c23-19(14-21-26(24,25)17-10-2-1-3-11-17)22-20-13-16-9-6-8-15-7-4-5-12-18(15)16/h1-13,21H,14H2,(H,22,23)/b20-13+. The molecule has 1 amide bonds. The van der Waals surface area contributed by atoms with Crippen LogP contribution < -0.4 is 10.1 Å². The minimum atomic E-state index is -3.72. The lowest BCUT2D eigenvalue weighted by molar-refractivity contribution is -0.119. The van der Waals surface area contributed by atoms with Crippen LogP contribution in [0.15, 0.2) is 82.8 Å². The largest absolute Gasteiger partial charge is 0.272 e. The predicted molar refractivity (Wildman–Crippen MR) is 101 cm³/mol. The van der Waals surface area contributed by atoms with E-state index in [9.17, 15) is 13.2 Å². The van der Waals surface area contributed by atoms with Crippen LogP contribution in [0.2, 0.25) is 0 Å². The summed E-state index contributed by atoms with van der Waals surface area (Å²) < 4.78 is 26.3. The van der Waals surface area contributed by atoms with Gasteiger partial charge in [-0.2, -0.15) is 5.10 Å². The summed E-state index contributed by atoms with van der Waals surface area (Å²) in [5.41, 5.74) is 3.18. The van der Waals surface area contributed by atoms with Crippen molar-refractivity contribution in [1.82, 2.24) is 10.1 Å². The molecule has 3 aromatic rings. The molecule has 0 atom stereocenters. The van der Waals surface area contributed by atoms with E-state index in [4.69, 9.17) is 0 Å². The van der Waals surface area contributed by atoms with Crippen molar-refractivity contribution < 1.29 is 13.2 Å². The van der Waals surface area contributed by atoms with Gasteiger partial charge < -0.3 is 0 Å². The highest BCUT2D eigenvalue weighted by atomic mass is 32.2. The van der Waals surface area contributed by atoms with Crippen LogP contribution in [0.4, 0.5) is 0 Å². The molecule has 3 rings (SSSR count). The molecule has 26 heavy (non-hydrogen) atoms. The molecular formula is C19H17N3O3S. The van der Waals surface area contributed by atoms with Crippen LogP contribution in [-0.2, 0) is 14.8 Å². The Labute approximate surface area is 151 Å². The molecule has 0 aliphatic heterocycles. The minimum absolute atomic E-state index is 0.104. The van der Waals surface area contributed by atoms with Crippen LogP contribution in [0.1, 0.15) is 5.56 Å². The molecule has 0 saturated carbocycles. The molecule has 0 aliphatic rings. The Balaban J connectivity index is 1.60. The number of nitrogens with zero attached hydrogens (tertiary/aromatic N) is 1. The van der Waals surface area contributed by atoms with Crippen molar-refractivity contribution in [3.63, 3.8) is 0 Å². The Hall–Kier alpha value is -3.03. The lowest BCUT2D eigenvalue weighted by Crippen LogP contribution is -2.34. The summed E-state index contributed by atoms with van der Waals surface area (Å²) in [6.07, 6.45) is 1.53. The zero-order chi connectivity index (χ0) is 18.4. The van der Waals surface area contributed by atoms with Crippen molar-refractivity contribution >= 4 is 32.9 Å². The first-order valence-corrected chi connectivity index (χ1v) is 9.39. The number of hydrogen-bond donors (Lipinski definition) is 2. The average Bonchev–Trinajstić information content (AvgIpc) is 2.67. The average molecular weight is 367 g/mol. The minimum Gasteiger partial charge on any atom is -0.272 e. The summed E-state index contributed by atoms with van der Waals surface area (Å²) in [7, 11) is -3.72. The molecule has 0 fully saturated rings. The summed E-state index contributed by atoms with van der Waals surface area (Å²) in [4.78, 5) is 11.9. The number of rotatable bonds is 6. The summed E-state index contributed by atoms with van der Waals surface area (Å²) in [5, 5.41) is 5.99. The summed E-state index contributed by atoms with van der Waals surface area (Å²) in [6.45, 7) is -0.399. The molecular weight excluding hydrogens is 350 g/mol. The van der Waals surface area contributed by atoms with E-state index >= 15 is 0 Å². The second-order valence-corrected chi connectivity index (χ2v) is 7.27.